The predicted octanol–water partition coefficient (Wildman–Crippen LogP) is 4.02. The average molecular weight is 209 g/mol. The van der Waals surface area contributed by atoms with Crippen molar-refractivity contribution in [3.05, 3.63) is 23.8 Å². The van der Waals surface area contributed by atoms with Gasteiger partial charge < -0.3 is 0 Å². The molecule has 0 saturated heterocycles. The number of likely N-dealkylation sites (N-methyl/N-ethyl adjacent to an activating group) is 1. The van der Waals surface area contributed by atoms with E-state index in [0.717, 1.165) is 26.1 Å². The van der Waals surface area contributed by atoms with E-state index in [1.165, 1.54) is 24.0 Å². The SMILES string of the molecule is C=C(C)CCCC=C(C)CN(CC)CC. The second-order valence-corrected chi connectivity index (χ2v) is 4.36. The molecule has 0 bridgehead atoms. The summed E-state index contributed by atoms with van der Waals surface area (Å²) in [4.78, 5) is 2.45. The molecule has 0 fully saturated rings. The minimum atomic E-state index is 1.13. The van der Waals surface area contributed by atoms with E-state index in [4.69, 9.17) is 0 Å². The Balaban J connectivity index is 3.73. The van der Waals surface area contributed by atoms with Crippen molar-refractivity contribution in [1.29, 1.82) is 0 Å². The van der Waals surface area contributed by atoms with Crippen LogP contribution in [0.3, 0.4) is 0 Å². The van der Waals surface area contributed by atoms with Crippen LogP contribution in [0.1, 0.15) is 47.0 Å². The van der Waals surface area contributed by atoms with Crippen LogP contribution < -0.4 is 0 Å². The molecule has 88 valence electrons. The van der Waals surface area contributed by atoms with Crippen LogP contribution in [0.5, 0.6) is 0 Å². The van der Waals surface area contributed by atoms with Crippen molar-refractivity contribution in [3.8, 4) is 0 Å². The number of nitrogens with zero attached hydrogens (tertiary/aromatic N) is 1. The molecule has 0 unspecified atom stereocenters. The molecule has 0 rings (SSSR count). The second-order valence-electron chi connectivity index (χ2n) is 4.36. The fourth-order valence-corrected chi connectivity index (χ4v) is 1.62. The van der Waals surface area contributed by atoms with Crippen molar-refractivity contribution in [2.24, 2.45) is 0 Å². The zero-order valence-corrected chi connectivity index (χ0v) is 11.0. The maximum Gasteiger partial charge on any atom is 0.0189 e. The molecule has 0 aliphatic rings. The third-order valence-electron chi connectivity index (χ3n) is 2.67. The third kappa shape index (κ3) is 8.44. The van der Waals surface area contributed by atoms with E-state index in [0.29, 0.717) is 0 Å². The quantitative estimate of drug-likeness (QED) is 0.431. The van der Waals surface area contributed by atoms with Crippen LogP contribution in [0.2, 0.25) is 0 Å². The van der Waals surface area contributed by atoms with Crippen LogP contribution in [0.25, 0.3) is 0 Å². The molecule has 0 radical (unpaired) electrons. The van der Waals surface area contributed by atoms with Crippen molar-refractivity contribution < 1.29 is 0 Å². The smallest absolute Gasteiger partial charge is 0.0189 e. The summed E-state index contributed by atoms with van der Waals surface area (Å²) in [6.07, 6.45) is 5.97. The summed E-state index contributed by atoms with van der Waals surface area (Å²) >= 11 is 0. The van der Waals surface area contributed by atoms with Crippen LogP contribution >= 0.6 is 0 Å². The summed E-state index contributed by atoms with van der Waals surface area (Å²) in [6.45, 7) is 16.1. The van der Waals surface area contributed by atoms with Gasteiger partial charge in [-0.1, -0.05) is 31.1 Å². The summed E-state index contributed by atoms with van der Waals surface area (Å²) in [5.41, 5.74) is 2.80. The molecule has 0 spiro atoms. The largest absolute Gasteiger partial charge is 0.300 e. The fourth-order valence-electron chi connectivity index (χ4n) is 1.62. The van der Waals surface area contributed by atoms with E-state index in [1.807, 2.05) is 0 Å². The Hall–Kier alpha value is -0.560. The zero-order chi connectivity index (χ0) is 11.7. The van der Waals surface area contributed by atoms with Crippen LogP contribution in [0, 0.1) is 0 Å². The molecule has 0 saturated carbocycles. The molecule has 1 nitrogen and oxygen atoms in total. The Morgan fingerprint density at radius 1 is 1.20 bits per heavy atom. The minimum absolute atomic E-state index is 1.13. The molecule has 0 N–H and O–H groups in total. The Morgan fingerprint density at radius 2 is 1.80 bits per heavy atom. The van der Waals surface area contributed by atoms with E-state index in [9.17, 15) is 0 Å². The Kier molecular flexibility index (Phi) is 8.40. The lowest BCUT2D eigenvalue weighted by Crippen LogP contribution is -2.24. The third-order valence-corrected chi connectivity index (χ3v) is 2.67. The molecule has 0 aliphatic heterocycles. The molecular weight excluding hydrogens is 182 g/mol. The Labute approximate surface area is 95.9 Å². The molecule has 0 atom stereocenters. The van der Waals surface area contributed by atoms with Crippen molar-refractivity contribution in [2.45, 2.75) is 47.0 Å². The van der Waals surface area contributed by atoms with E-state index < -0.39 is 0 Å². The molecular formula is C14H27N. The average Bonchev–Trinajstić information content (AvgIpc) is 2.20. The van der Waals surface area contributed by atoms with Gasteiger partial charge in [0.2, 0.25) is 0 Å². The molecule has 0 heterocycles. The molecule has 0 aromatic carbocycles. The maximum atomic E-state index is 3.92. The number of hydrogen-bond donors (Lipinski definition) is 0. The van der Waals surface area contributed by atoms with Crippen LogP contribution in [-0.2, 0) is 0 Å². The summed E-state index contributed by atoms with van der Waals surface area (Å²) < 4.78 is 0. The van der Waals surface area contributed by atoms with Gasteiger partial charge in [-0.25, -0.2) is 0 Å². The van der Waals surface area contributed by atoms with E-state index in [1.54, 1.807) is 0 Å². The van der Waals surface area contributed by atoms with Crippen LogP contribution in [-0.4, -0.2) is 24.5 Å². The lowest BCUT2D eigenvalue weighted by molar-refractivity contribution is 0.329. The summed E-state index contributed by atoms with van der Waals surface area (Å²) in [5.74, 6) is 0. The molecule has 0 aliphatic carbocycles. The van der Waals surface area contributed by atoms with Gasteiger partial charge in [-0.15, -0.1) is 6.58 Å². The van der Waals surface area contributed by atoms with Crippen molar-refractivity contribution in [2.75, 3.05) is 19.6 Å². The van der Waals surface area contributed by atoms with Gasteiger partial charge in [0.05, 0.1) is 0 Å². The van der Waals surface area contributed by atoms with E-state index in [-0.39, 0.29) is 0 Å². The van der Waals surface area contributed by atoms with Gasteiger partial charge >= 0.3 is 0 Å². The minimum Gasteiger partial charge on any atom is -0.300 e. The molecule has 0 aromatic heterocycles. The number of allylic oxidation sites excluding steroid dienone is 2. The van der Waals surface area contributed by atoms with Gasteiger partial charge in [0.25, 0.3) is 0 Å². The van der Waals surface area contributed by atoms with Gasteiger partial charge in [-0.3, -0.25) is 4.90 Å². The highest BCUT2D eigenvalue weighted by atomic mass is 15.1. The van der Waals surface area contributed by atoms with Gasteiger partial charge in [0, 0.05) is 6.54 Å². The molecule has 0 amide bonds. The number of unbranched alkanes of at least 4 members (excludes halogenated alkanes) is 1. The highest BCUT2D eigenvalue weighted by Gasteiger charge is 1.98. The maximum absolute atomic E-state index is 3.92. The first-order chi connectivity index (χ1) is 7.10. The highest BCUT2D eigenvalue weighted by molar-refractivity contribution is 5.01. The predicted molar refractivity (Wildman–Crippen MR) is 70.2 cm³/mol. The highest BCUT2D eigenvalue weighted by Crippen LogP contribution is 2.07. The molecule has 0 aromatic rings. The topological polar surface area (TPSA) is 3.24 Å². The standard InChI is InChI=1S/C14H27N/c1-6-15(7-2)12-14(5)11-9-8-10-13(3)4/h11H,3,6-10,12H2,1-2,4-5H3. The Morgan fingerprint density at radius 3 is 2.27 bits per heavy atom. The molecule has 15 heavy (non-hydrogen) atoms. The first kappa shape index (κ1) is 14.4. The van der Waals surface area contributed by atoms with E-state index in [2.05, 4.69) is 45.2 Å². The Bertz CT molecular complexity index is 199. The molecule has 1 heteroatoms. The second kappa shape index (κ2) is 8.72. The first-order valence-corrected chi connectivity index (χ1v) is 6.12. The van der Waals surface area contributed by atoms with E-state index >= 15 is 0 Å². The van der Waals surface area contributed by atoms with Crippen LogP contribution in [0.4, 0.5) is 0 Å². The lowest BCUT2D eigenvalue weighted by Gasteiger charge is -2.18. The number of hydrogen-bond acceptors (Lipinski definition) is 1. The van der Waals surface area contributed by atoms with Gasteiger partial charge in [0.15, 0.2) is 0 Å². The zero-order valence-electron chi connectivity index (χ0n) is 11.0. The van der Waals surface area contributed by atoms with Gasteiger partial charge in [-0.05, 0) is 46.2 Å². The lowest BCUT2D eigenvalue weighted by atomic mass is 10.1. The fraction of sp³-hybridized carbons (Fsp3) is 0.714. The number of rotatable bonds is 8. The van der Waals surface area contributed by atoms with Crippen molar-refractivity contribution >= 4 is 0 Å². The van der Waals surface area contributed by atoms with Crippen molar-refractivity contribution in [3.63, 3.8) is 0 Å². The summed E-state index contributed by atoms with van der Waals surface area (Å²) in [5, 5.41) is 0. The van der Waals surface area contributed by atoms with Gasteiger partial charge in [-0.2, -0.15) is 0 Å². The summed E-state index contributed by atoms with van der Waals surface area (Å²) in [6, 6.07) is 0. The normalized spacial score (nSPS) is 12.2. The van der Waals surface area contributed by atoms with Gasteiger partial charge in [0.1, 0.15) is 0 Å². The first-order valence-electron chi connectivity index (χ1n) is 6.12. The summed E-state index contributed by atoms with van der Waals surface area (Å²) in [7, 11) is 0. The van der Waals surface area contributed by atoms with Crippen LogP contribution in [0.15, 0.2) is 23.8 Å². The monoisotopic (exact) mass is 209 g/mol. The van der Waals surface area contributed by atoms with Crippen molar-refractivity contribution in [1.82, 2.24) is 4.90 Å².